The zero-order chi connectivity index (χ0) is 35.1. The van der Waals surface area contributed by atoms with Gasteiger partial charge in [-0.3, -0.25) is 4.98 Å². The molecule has 3 aromatic heterocycles. The number of sulfone groups is 1. The topological polar surface area (TPSA) is 157 Å². The Labute approximate surface area is 288 Å². The van der Waals surface area contributed by atoms with Gasteiger partial charge in [0.1, 0.15) is 5.69 Å². The summed E-state index contributed by atoms with van der Waals surface area (Å²) in [5.74, 6) is 0.0141. The van der Waals surface area contributed by atoms with Crippen LogP contribution in [0.2, 0.25) is 0 Å². The molecule has 3 N–H and O–H groups in total. The molecule has 13 heteroatoms. The summed E-state index contributed by atoms with van der Waals surface area (Å²) in [5, 5.41) is 25.1. The van der Waals surface area contributed by atoms with Gasteiger partial charge in [0.2, 0.25) is 0 Å². The smallest absolute Gasteiger partial charge is 0.198 e. The first kappa shape index (κ1) is 35.2. The van der Waals surface area contributed by atoms with Crippen LogP contribution in [0.25, 0.3) is 22.4 Å². The van der Waals surface area contributed by atoms with E-state index in [0.29, 0.717) is 58.0 Å². The number of fused-ring (bicyclic) bond motifs is 8. The number of aliphatic hydroxyl groups excluding tert-OH is 2. The average Bonchev–Trinajstić information content (AvgIpc) is 3.69. The van der Waals surface area contributed by atoms with Gasteiger partial charge in [0.15, 0.2) is 37.1 Å². The van der Waals surface area contributed by atoms with Gasteiger partial charge in [0.05, 0.1) is 29.6 Å². The third-order valence-corrected chi connectivity index (χ3v) is 13.1. The lowest BCUT2D eigenvalue weighted by Crippen LogP contribution is -2.29. The van der Waals surface area contributed by atoms with E-state index in [9.17, 15) is 23.2 Å². The van der Waals surface area contributed by atoms with Crippen LogP contribution in [0.15, 0.2) is 70.7 Å². The summed E-state index contributed by atoms with van der Waals surface area (Å²) in [7, 11) is -1.84. The highest BCUT2D eigenvalue weighted by atomic mass is 32.2. The molecule has 5 aromatic rings. The van der Waals surface area contributed by atoms with Crippen molar-refractivity contribution in [1.29, 1.82) is 0 Å². The summed E-state index contributed by atoms with van der Waals surface area (Å²) in [6.45, 7) is 5.59. The summed E-state index contributed by atoms with van der Waals surface area (Å²) in [5.41, 5.74) is 1.79. The predicted octanol–water partition coefficient (Wildman–Crippen LogP) is 5.03. The Bertz CT molecular complexity index is 2100. The number of aromatic amines is 1. The van der Waals surface area contributed by atoms with Gasteiger partial charge >= 0.3 is 0 Å². The molecule has 1 aliphatic heterocycles. The molecule has 4 heterocycles. The lowest BCUT2D eigenvalue weighted by molar-refractivity contribution is 0.0955. The maximum Gasteiger partial charge on any atom is 0.198 e. The molecule has 0 saturated carbocycles. The molecule has 0 spiro atoms. The van der Waals surface area contributed by atoms with Gasteiger partial charge in [0, 0.05) is 71.7 Å². The summed E-state index contributed by atoms with van der Waals surface area (Å²) < 4.78 is 59.0. The first-order chi connectivity index (χ1) is 23.2. The van der Waals surface area contributed by atoms with Crippen molar-refractivity contribution < 1.29 is 27.6 Å². The van der Waals surface area contributed by atoms with Crippen molar-refractivity contribution >= 4 is 31.9 Å². The number of nitrogens with zero attached hydrogens (tertiary/aromatic N) is 4. The van der Waals surface area contributed by atoms with Crippen LogP contribution in [-0.4, -0.2) is 72.1 Å². The molecule has 0 saturated heterocycles. The van der Waals surface area contributed by atoms with Crippen molar-refractivity contribution in [2.24, 2.45) is 12.5 Å². The predicted molar refractivity (Wildman–Crippen MR) is 187 cm³/mol. The standard InChI is InChI=1S/C36H42FN5O5S2/c1-35(2)12-6-13-36(3,24-8-5-7-23(17-24)18-25(44)21-43)34-40-33(42(4)41-34)31-19-26(9-14-39-31)48(45)32-28(11-16-49(46,47)22-35)27-10-15-38-30(27)20-29(32)37/h5,7-10,14-15,17,19-20,25,38,43-44H,6,11-13,16,18,21-22H2,1-4H3/t25-,36+,48?/m0/s1. The van der Waals surface area contributed by atoms with Crippen molar-refractivity contribution in [1.82, 2.24) is 24.7 Å². The van der Waals surface area contributed by atoms with Crippen LogP contribution in [0.5, 0.6) is 0 Å². The van der Waals surface area contributed by atoms with Crippen LogP contribution in [0, 0.1) is 11.2 Å². The number of aromatic nitrogens is 5. The minimum Gasteiger partial charge on any atom is -0.606 e. The fourth-order valence-electron chi connectivity index (χ4n) is 6.96. The number of benzene rings is 2. The molecule has 2 aromatic carbocycles. The highest BCUT2D eigenvalue weighted by Crippen LogP contribution is 2.40. The summed E-state index contributed by atoms with van der Waals surface area (Å²) in [4.78, 5) is 12.8. The van der Waals surface area contributed by atoms with Crippen molar-refractivity contribution in [3.8, 4) is 11.5 Å². The van der Waals surface area contributed by atoms with Gasteiger partial charge in [-0.1, -0.05) is 44.5 Å². The van der Waals surface area contributed by atoms with Gasteiger partial charge in [0.25, 0.3) is 0 Å². The number of H-pyrrole nitrogens is 1. The van der Waals surface area contributed by atoms with Crippen molar-refractivity contribution in [2.45, 2.75) is 74.2 Å². The van der Waals surface area contributed by atoms with E-state index in [1.165, 1.54) is 12.3 Å². The Hall–Kier alpha value is -3.62. The van der Waals surface area contributed by atoms with E-state index in [1.807, 2.05) is 38.1 Å². The van der Waals surface area contributed by atoms with Crippen molar-refractivity contribution in [3.63, 3.8) is 0 Å². The van der Waals surface area contributed by atoms with Gasteiger partial charge in [-0.25, -0.2) is 22.5 Å². The number of aryl methyl sites for hydroxylation is 2. The molecule has 3 atom stereocenters. The number of rotatable bonds is 4. The van der Waals surface area contributed by atoms with E-state index >= 15 is 4.39 Å². The third kappa shape index (κ3) is 7.32. The summed E-state index contributed by atoms with van der Waals surface area (Å²) >= 11 is -2.01. The van der Waals surface area contributed by atoms with Gasteiger partial charge in [-0.2, -0.15) is 5.10 Å². The molecule has 0 radical (unpaired) electrons. The molecule has 6 rings (SSSR count). The van der Waals surface area contributed by atoms with Crippen LogP contribution >= 0.6 is 0 Å². The van der Waals surface area contributed by atoms with Crippen LogP contribution in [0.1, 0.15) is 62.5 Å². The van der Waals surface area contributed by atoms with E-state index in [0.717, 1.165) is 11.1 Å². The maximum absolute atomic E-state index is 15.8. The number of nitrogens with one attached hydrogen (secondary N) is 1. The average molecular weight is 708 g/mol. The third-order valence-electron chi connectivity index (χ3n) is 9.53. The van der Waals surface area contributed by atoms with Crippen LogP contribution in [0.3, 0.4) is 0 Å². The number of hydrogen-bond acceptors (Lipinski definition) is 8. The summed E-state index contributed by atoms with van der Waals surface area (Å²) in [6, 6.07) is 14.0. The molecule has 260 valence electrons. The molecule has 0 aliphatic carbocycles. The molecular formula is C36H42FN5O5S2. The van der Waals surface area contributed by atoms with Crippen LogP contribution in [-0.2, 0) is 46.3 Å². The second kappa shape index (κ2) is 13.6. The maximum atomic E-state index is 15.8. The van der Waals surface area contributed by atoms with E-state index in [1.54, 1.807) is 36.1 Å². The number of aliphatic hydroxyl groups is 2. The second-order valence-corrected chi connectivity index (χ2v) is 17.7. The normalized spacial score (nSPS) is 21.8. The van der Waals surface area contributed by atoms with Gasteiger partial charge < -0.3 is 19.7 Å². The lowest BCUT2D eigenvalue weighted by atomic mass is 9.75. The fourth-order valence-corrected chi connectivity index (χ4v) is 10.3. The molecule has 1 unspecified atom stereocenters. The fraction of sp³-hybridized carbons (Fsp3) is 0.417. The van der Waals surface area contributed by atoms with E-state index in [4.69, 9.17) is 10.1 Å². The van der Waals surface area contributed by atoms with Gasteiger partial charge in [-0.05, 0) is 48.8 Å². The highest BCUT2D eigenvalue weighted by molar-refractivity contribution is 7.92. The van der Waals surface area contributed by atoms with E-state index < -0.39 is 43.8 Å². The Morgan fingerprint density at radius 1 is 1.14 bits per heavy atom. The molecule has 0 fully saturated rings. The Morgan fingerprint density at radius 3 is 2.71 bits per heavy atom. The Balaban J connectivity index is 1.50. The monoisotopic (exact) mass is 707 g/mol. The highest BCUT2D eigenvalue weighted by Gasteiger charge is 2.37. The van der Waals surface area contributed by atoms with Crippen LogP contribution < -0.4 is 0 Å². The van der Waals surface area contributed by atoms with E-state index in [-0.39, 0.29) is 35.8 Å². The number of hydrogen-bond donors (Lipinski definition) is 3. The zero-order valence-electron chi connectivity index (χ0n) is 28.1. The number of pyridine rings is 1. The largest absolute Gasteiger partial charge is 0.606 e. The molecule has 10 nitrogen and oxygen atoms in total. The Morgan fingerprint density at radius 2 is 1.94 bits per heavy atom. The first-order valence-electron chi connectivity index (χ1n) is 16.4. The van der Waals surface area contributed by atoms with Crippen molar-refractivity contribution in [3.05, 3.63) is 89.3 Å². The molecule has 4 bridgehead atoms. The van der Waals surface area contributed by atoms with Crippen LogP contribution in [0.4, 0.5) is 4.39 Å². The molecule has 0 amide bonds. The Kier molecular flexibility index (Phi) is 9.77. The minimum absolute atomic E-state index is 0.00950. The lowest BCUT2D eigenvalue weighted by Gasteiger charge is -2.31. The molecule has 49 heavy (non-hydrogen) atoms. The van der Waals surface area contributed by atoms with E-state index in [2.05, 4.69) is 16.9 Å². The quantitative estimate of drug-likeness (QED) is 0.220. The van der Waals surface area contributed by atoms with Gasteiger partial charge in [-0.15, -0.1) is 0 Å². The number of halogens is 1. The SMILES string of the molecule is Cn1nc2nc1-c1cc(ccn1)[S+]([O-])c1c(F)cc3[nH]ccc3c1CCS(=O)(=O)CC(C)(C)CCC[C@]2(C)c1cccc(C[C@H](O)CO)c1. The zero-order valence-corrected chi connectivity index (χ0v) is 29.7. The summed E-state index contributed by atoms with van der Waals surface area (Å²) in [6.07, 6.45) is 4.43. The second-order valence-electron chi connectivity index (χ2n) is 14.1. The van der Waals surface area contributed by atoms with Crippen molar-refractivity contribution in [2.75, 3.05) is 18.1 Å². The first-order valence-corrected chi connectivity index (χ1v) is 19.3. The minimum atomic E-state index is -3.60. The molecular weight excluding hydrogens is 666 g/mol. The molecule has 1 aliphatic rings.